The first-order valence-corrected chi connectivity index (χ1v) is 7.58. The Labute approximate surface area is 121 Å². The Bertz CT molecular complexity index is 509. The SMILES string of the molecule is Cc1cc(C(N)c2cc(Br)ccc2I)cs1. The van der Waals surface area contributed by atoms with Crippen molar-refractivity contribution in [1.82, 2.24) is 0 Å². The van der Waals surface area contributed by atoms with Crippen LogP contribution in [0.25, 0.3) is 0 Å². The van der Waals surface area contributed by atoms with E-state index in [0.29, 0.717) is 0 Å². The summed E-state index contributed by atoms with van der Waals surface area (Å²) < 4.78 is 2.28. The molecular formula is C12H11BrINS. The molecule has 0 bridgehead atoms. The Kier molecular flexibility index (Phi) is 4.05. The summed E-state index contributed by atoms with van der Waals surface area (Å²) in [7, 11) is 0. The molecule has 0 amide bonds. The molecule has 0 saturated carbocycles. The van der Waals surface area contributed by atoms with Crippen LogP contribution < -0.4 is 5.73 Å². The van der Waals surface area contributed by atoms with Gasteiger partial charge in [0.25, 0.3) is 0 Å². The van der Waals surface area contributed by atoms with Gasteiger partial charge >= 0.3 is 0 Å². The predicted octanol–water partition coefficient (Wildman–Crippen LogP) is 4.47. The van der Waals surface area contributed by atoms with Crippen LogP contribution in [0, 0.1) is 10.5 Å². The van der Waals surface area contributed by atoms with Crippen LogP contribution in [0.3, 0.4) is 0 Å². The van der Waals surface area contributed by atoms with Gasteiger partial charge in [0, 0.05) is 12.9 Å². The van der Waals surface area contributed by atoms with Gasteiger partial charge in [0.15, 0.2) is 0 Å². The Morgan fingerprint density at radius 1 is 1.38 bits per heavy atom. The molecule has 1 aromatic heterocycles. The maximum absolute atomic E-state index is 6.28. The second-order valence-electron chi connectivity index (χ2n) is 3.63. The normalized spacial score (nSPS) is 12.8. The highest BCUT2D eigenvalue weighted by Gasteiger charge is 2.13. The predicted molar refractivity (Wildman–Crippen MR) is 81.9 cm³/mol. The molecular weight excluding hydrogens is 397 g/mol. The third-order valence-electron chi connectivity index (χ3n) is 2.40. The van der Waals surface area contributed by atoms with E-state index < -0.39 is 0 Å². The molecule has 0 spiro atoms. The lowest BCUT2D eigenvalue weighted by Crippen LogP contribution is -2.12. The average Bonchev–Trinajstić information content (AvgIpc) is 2.67. The smallest absolute Gasteiger partial charge is 0.0570 e. The molecule has 0 aliphatic rings. The van der Waals surface area contributed by atoms with E-state index in [1.54, 1.807) is 11.3 Å². The molecule has 0 radical (unpaired) electrons. The Hall–Kier alpha value is 0.0900. The number of aryl methyl sites for hydroxylation is 1. The van der Waals surface area contributed by atoms with Crippen LogP contribution >= 0.6 is 49.9 Å². The molecule has 2 aromatic rings. The molecule has 0 aliphatic carbocycles. The van der Waals surface area contributed by atoms with Crippen LogP contribution in [0.4, 0.5) is 0 Å². The van der Waals surface area contributed by atoms with E-state index in [2.05, 4.69) is 69.0 Å². The number of nitrogens with two attached hydrogens (primary N) is 1. The molecule has 1 heterocycles. The molecule has 2 N–H and O–H groups in total. The van der Waals surface area contributed by atoms with Gasteiger partial charge in [-0.05, 0) is 70.3 Å². The Morgan fingerprint density at radius 3 is 2.75 bits per heavy atom. The van der Waals surface area contributed by atoms with Crippen LogP contribution in [0.1, 0.15) is 22.0 Å². The van der Waals surface area contributed by atoms with Crippen LogP contribution in [0.15, 0.2) is 34.1 Å². The number of thiophene rings is 1. The summed E-state index contributed by atoms with van der Waals surface area (Å²) >= 11 is 7.56. The second kappa shape index (κ2) is 5.16. The fourth-order valence-electron chi connectivity index (χ4n) is 1.56. The Balaban J connectivity index is 2.40. The molecule has 1 aromatic carbocycles. The van der Waals surface area contributed by atoms with E-state index in [0.717, 1.165) is 4.47 Å². The van der Waals surface area contributed by atoms with Crippen molar-refractivity contribution in [2.24, 2.45) is 5.73 Å². The summed E-state index contributed by atoms with van der Waals surface area (Å²) in [6.45, 7) is 2.10. The number of halogens is 2. The molecule has 4 heteroatoms. The van der Waals surface area contributed by atoms with Crippen LogP contribution in [-0.2, 0) is 0 Å². The van der Waals surface area contributed by atoms with Crippen molar-refractivity contribution < 1.29 is 0 Å². The molecule has 0 aliphatic heterocycles. The summed E-state index contributed by atoms with van der Waals surface area (Å²) in [5.41, 5.74) is 8.65. The van der Waals surface area contributed by atoms with Crippen LogP contribution in [0.2, 0.25) is 0 Å². The van der Waals surface area contributed by atoms with E-state index in [-0.39, 0.29) is 6.04 Å². The molecule has 1 unspecified atom stereocenters. The lowest BCUT2D eigenvalue weighted by Gasteiger charge is -2.13. The van der Waals surface area contributed by atoms with E-state index in [1.165, 1.54) is 19.6 Å². The molecule has 1 atom stereocenters. The maximum atomic E-state index is 6.28. The van der Waals surface area contributed by atoms with Gasteiger partial charge in [-0.15, -0.1) is 11.3 Å². The Morgan fingerprint density at radius 2 is 2.12 bits per heavy atom. The zero-order chi connectivity index (χ0) is 11.7. The lowest BCUT2D eigenvalue weighted by atomic mass is 10.0. The number of hydrogen-bond acceptors (Lipinski definition) is 2. The minimum absolute atomic E-state index is 0.0330. The molecule has 16 heavy (non-hydrogen) atoms. The van der Waals surface area contributed by atoms with Gasteiger partial charge in [-0.3, -0.25) is 0 Å². The standard InChI is InChI=1S/C12H11BrINS/c1-7-4-8(6-16-7)12(15)10-5-9(13)2-3-11(10)14/h2-6,12H,15H2,1H3. The highest BCUT2D eigenvalue weighted by molar-refractivity contribution is 14.1. The van der Waals surface area contributed by atoms with E-state index >= 15 is 0 Å². The average molecular weight is 408 g/mol. The first kappa shape index (κ1) is 12.5. The summed E-state index contributed by atoms with van der Waals surface area (Å²) in [5, 5.41) is 2.14. The fourth-order valence-corrected chi connectivity index (χ4v) is 3.35. The van der Waals surface area contributed by atoms with Crippen LogP contribution in [0.5, 0.6) is 0 Å². The lowest BCUT2D eigenvalue weighted by molar-refractivity contribution is 0.868. The monoisotopic (exact) mass is 407 g/mol. The van der Waals surface area contributed by atoms with E-state index in [1.807, 2.05) is 6.07 Å². The van der Waals surface area contributed by atoms with E-state index in [4.69, 9.17) is 5.73 Å². The minimum Gasteiger partial charge on any atom is -0.320 e. The van der Waals surface area contributed by atoms with Gasteiger partial charge in [-0.25, -0.2) is 0 Å². The van der Waals surface area contributed by atoms with Gasteiger partial charge in [-0.2, -0.15) is 0 Å². The van der Waals surface area contributed by atoms with Gasteiger partial charge in [0.2, 0.25) is 0 Å². The van der Waals surface area contributed by atoms with Gasteiger partial charge in [0.1, 0.15) is 0 Å². The number of rotatable bonds is 2. The molecule has 2 rings (SSSR count). The first-order chi connectivity index (χ1) is 7.58. The van der Waals surface area contributed by atoms with Crippen molar-refractivity contribution in [3.63, 3.8) is 0 Å². The fraction of sp³-hybridized carbons (Fsp3) is 0.167. The van der Waals surface area contributed by atoms with Crippen molar-refractivity contribution in [2.75, 3.05) is 0 Å². The molecule has 0 fully saturated rings. The van der Waals surface area contributed by atoms with Crippen molar-refractivity contribution in [3.8, 4) is 0 Å². The van der Waals surface area contributed by atoms with Crippen molar-refractivity contribution in [1.29, 1.82) is 0 Å². The second-order valence-corrected chi connectivity index (χ2v) is 6.83. The van der Waals surface area contributed by atoms with Gasteiger partial charge < -0.3 is 5.73 Å². The maximum Gasteiger partial charge on any atom is 0.0570 e. The van der Waals surface area contributed by atoms with Crippen molar-refractivity contribution in [3.05, 3.63) is 53.7 Å². The van der Waals surface area contributed by atoms with Gasteiger partial charge in [-0.1, -0.05) is 15.9 Å². The number of benzene rings is 1. The van der Waals surface area contributed by atoms with Crippen molar-refractivity contribution >= 4 is 49.9 Å². The topological polar surface area (TPSA) is 26.0 Å². The van der Waals surface area contributed by atoms with E-state index in [9.17, 15) is 0 Å². The zero-order valence-corrected chi connectivity index (χ0v) is 13.3. The summed E-state index contributed by atoms with van der Waals surface area (Å²) in [6.07, 6.45) is 0. The minimum atomic E-state index is -0.0330. The number of hydrogen-bond donors (Lipinski definition) is 1. The molecule has 84 valence electrons. The molecule has 1 nitrogen and oxygen atoms in total. The highest BCUT2D eigenvalue weighted by atomic mass is 127. The summed E-state index contributed by atoms with van der Waals surface area (Å²) in [6, 6.07) is 8.34. The van der Waals surface area contributed by atoms with Crippen LogP contribution in [-0.4, -0.2) is 0 Å². The third-order valence-corrected chi connectivity index (χ3v) is 4.76. The van der Waals surface area contributed by atoms with Gasteiger partial charge in [0.05, 0.1) is 6.04 Å². The first-order valence-electron chi connectivity index (χ1n) is 4.83. The summed E-state index contributed by atoms with van der Waals surface area (Å²) in [5.74, 6) is 0. The summed E-state index contributed by atoms with van der Waals surface area (Å²) in [4.78, 5) is 1.30. The quantitative estimate of drug-likeness (QED) is 0.730. The third kappa shape index (κ3) is 2.67. The molecule has 0 saturated heterocycles. The zero-order valence-electron chi connectivity index (χ0n) is 8.71. The largest absolute Gasteiger partial charge is 0.320 e. The highest BCUT2D eigenvalue weighted by Crippen LogP contribution is 2.29. The van der Waals surface area contributed by atoms with Crippen molar-refractivity contribution in [2.45, 2.75) is 13.0 Å².